The molecule has 0 bridgehead atoms. The van der Waals surface area contributed by atoms with E-state index < -0.39 is 10.0 Å². The van der Waals surface area contributed by atoms with Crippen LogP contribution in [0.2, 0.25) is 5.02 Å². The number of halogens is 2. The third-order valence-corrected chi connectivity index (χ3v) is 6.56. The van der Waals surface area contributed by atoms with Crippen LogP contribution in [-0.2, 0) is 16.6 Å². The Balaban J connectivity index is 1.63. The van der Waals surface area contributed by atoms with Crippen LogP contribution in [0.5, 0.6) is 0 Å². The van der Waals surface area contributed by atoms with Crippen LogP contribution in [0.15, 0.2) is 101 Å². The Morgan fingerprint density at radius 2 is 1.62 bits per heavy atom. The normalized spacial score (nSPS) is 11.9. The third-order valence-electron chi connectivity index (χ3n) is 4.94. The van der Waals surface area contributed by atoms with Crippen molar-refractivity contribution in [2.45, 2.75) is 11.4 Å². The summed E-state index contributed by atoms with van der Waals surface area (Å²) in [6, 6.07) is 23.1. The van der Waals surface area contributed by atoms with Gasteiger partial charge in [0.1, 0.15) is 5.82 Å². The molecule has 0 aliphatic rings. The van der Waals surface area contributed by atoms with Gasteiger partial charge in [0.05, 0.1) is 17.1 Å². The molecule has 1 aromatic heterocycles. The van der Waals surface area contributed by atoms with Gasteiger partial charge < -0.3 is 5.73 Å². The Bertz CT molecular complexity index is 1430. The number of sulfonamides is 1. The summed E-state index contributed by atoms with van der Waals surface area (Å²) in [5.74, 6) is -0.573. The molecule has 0 saturated carbocycles. The predicted octanol–water partition coefficient (Wildman–Crippen LogP) is 5.00. The van der Waals surface area contributed by atoms with Gasteiger partial charge in [-0.2, -0.15) is 0 Å². The monoisotopic (exact) mass is 494 g/mol. The number of aromatic nitrogens is 1. The number of guanidine groups is 1. The van der Waals surface area contributed by atoms with Gasteiger partial charge in [-0.3, -0.25) is 4.98 Å². The minimum absolute atomic E-state index is 0.0866. The second-order valence-corrected chi connectivity index (χ2v) is 9.49. The number of hydrogen-bond acceptors (Lipinski definition) is 4. The van der Waals surface area contributed by atoms with E-state index in [2.05, 4.69) is 14.7 Å². The number of rotatable bonds is 6. The van der Waals surface area contributed by atoms with Gasteiger partial charge in [-0.25, -0.2) is 22.5 Å². The van der Waals surface area contributed by atoms with Gasteiger partial charge in [0, 0.05) is 22.3 Å². The summed E-state index contributed by atoms with van der Waals surface area (Å²) in [6.45, 7) is 0.0976. The molecule has 0 atom stereocenters. The zero-order valence-electron chi connectivity index (χ0n) is 17.8. The predicted molar refractivity (Wildman–Crippen MR) is 132 cm³/mol. The third kappa shape index (κ3) is 5.59. The Hall–Kier alpha value is -3.75. The summed E-state index contributed by atoms with van der Waals surface area (Å²) in [5, 5.41) is 0.597. The highest BCUT2D eigenvalue weighted by atomic mass is 35.5. The largest absolute Gasteiger partial charge is 0.369 e. The van der Waals surface area contributed by atoms with Crippen molar-refractivity contribution in [2.24, 2.45) is 10.7 Å². The Labute approximate surface area is 202 Å². The van der Waals surface area contributed by atoms with Crippen LogP contribution >= 0.6 is 11.6 Å². The topological polar surface area (TPSA) is 97.4 Å². The van der Waals surface area contributed by atoms with Gasteiger partial charge in [0.2, 0.25) is 5.96 Å². The number of hydrogen-bond donors (Lipinski definition) is 2. The van der Waals surface area contributed by atoms with Crippen molar-refractivity contribution in [3.63, 3.8) is 0 Å². The Morgan fingerprint density at radius 3 is 2.29 bits per heavy atom. The molecule has 4 aromatic rings. The van der Waals surface area contributed by atoms with Crippen LogP contribution in [-0.4, -0.2) is 19.4 Å². The number of benzene rings is 3. The molecule has 0 radical (unpaired) electrons. The molecule has 9 heteroatoms. The van der Waals surface area contributed by atoms with Crippen LogP contribution in [0.4, 0.5) is 4.39 Å². The van der Waals surface area contributed by atoms with Crippen molar-refractivity contribution in [1.29, 1.82) is 0 Å². The molecule has 34 heavy (non-hydrogen) atoms. The number of aliphatic imine (C=N–C) groups is 1. The second-order valence-electron chi connectivity index (χ2n) is 7.37. The lowest BCUT2D eigenvalue weighted by Crippen LogP contribution is -2.36. The SMILES string of the molecule is NC(=NCc1cnc(-c2ccc(F)cc2)c(-c2ccc(Cl)cc2)c1)NS(=O)(=O)c1ccccc1. The maximum Gasteiger partial charge on any atom is 0.264 e. The average Bonchev–Trinajstić information content (AvgIpc) is 2.84. The molecule has 4 rings (SSSR count). The Morgan fingerprint density at radius 1 is 0.971 bits per heavy atom. The van der Waals surface area contributed by atoms with Gasteiger partial charge >= 0.3 is 0 Å². The second kappa shape index (κ2) is 10.0. The zero-order valence-corrected chi connectivity index (χ0v) is 19.4. The molecule has 1 heterocycles. The van der Waals surface area contributed by atoms with E-state index in [1.807, 2.05) is 18.2 Å². The number of nitrogens with two attached hydrogens (primary N) is 1. The number of nitrogens with zero attached hydrogens (tertiary/aromatic N) is 2. The highest BCUT2D eigenvalue weighted by Gasteiger charge is 2.15. The van der Waals surface area contributed by atoms with Crippen LogP contribution in [0, 0.1) is 5.82 Å². The van der Waals surface area contributed by atoms with Crippen molar-refractivity contribution < 1.29 is 12.8 Å². The van der Waals surface area contributed by atoms with E-state index in [9.17, 15) is 12.8 Å². The molecule has 0 fully saturated rings. The van der Waals surface area contributed by atoms with E-state index in [1.165, 1.54) is 24.3 Å². The molecule has 6 nitrogen and oxygen atoms in total. The standard InChI is InChI=1S/C25H20ClFN4O2S/c26-20-10-6-18(7-11-20)23-14-17(15-29-24(23)19-8-12-21(27)13-9-19)16-30-25(28)31-34(32,33)22-4-2-1-3-5-22/h1-15H,16H2,(H3,28,30,31). The summed E-state index contributed by atoms with van der Waals surface area (Å²) in [7, 11) is -3.83. The maximum atomic E-state index is 13.4. The molecular formula is C25H20ClFN4O2S. The van der Waals surface area contributed by atoms with E-state index in [-0.39, 0.29) is 23.2 Å². The summed E-state index contributed by atoms with van der Waals surface area (Å²) >= 11 is 6.04. The highest BCUT2D eigenvalue weighted by molar-refractivity contribution is 7.90. The highest BCUT2D eigenvalue weighted by Crippen LogP contribution is 2.32. The van der Waals surface area contributed by atoms with Gasteiger partial charge in [0.15, 0.2) is 0 Å². The molecule has 0 aliphatic heterocycles. The van der Waals surface area contributed by atoms with Crippen molar-refractivity contribution in [3.05, 3.63) is 108 Å². The molecule has 3 aromatic carbocycles. The van der Waals surface area contributed by atoms with E-state index in [4.69, 9.17) is 17.3 Å². The molecule has 3 N–H and O–H groups in total. The number of nitrogens with one attached hydrogen (secondary N) is 1. The lowest BCUT2D eigenvalue weighted by molar-refractivity contribution is 0.592. The van der Waals surface area contributed by atoms with E-state index in [0.717, 1.165) is 16.7 Å². The molecular weight excluding hydrogens is 475 g/mol. The van der Waals surface area contributed by atoms with Gasteiger partial charge in [-0.1, -0.05) is 41.9 Å². The lowest BCUT2D eigenvalue weighted by atomic mass is 9.98. The van der Waals surface area contributed by atoms with Crippen molar-refractivity contribution in [3.8, 4) is 22.4 Å². The first kappa shape index (κ1) is 23.4. The van der Waals surface area contributed by atoms with Gasteiger partial charge in [0.25, 0.3) is 10.0 Å². The molecule has 0 saturated heterocycles. The molecule has 0 spiro atoms. The smallest absolute Gasteiger partial charge is 0.264 e. The van der Waals surface area contributed by atoms with Crippen molar-refractivity contribution >= 4 is 27.6 Å². The fraction of sp³-hybridized carbons (Fsp3) is 0.0400. The lowest BCUT2D eigenvalue weighted by Gasteiger charge is -2.12. The summed E-state index contributed by atoms with van der Waals surface area (Å²) in [6.07, 6.45) is 1.63. The fourth-order valence-corrected chi connectivity index (χ4v) is 4.39. The first-order valence-corrected chi connectivity index (χ1v) is 12.1. The van der Waals surface area contributed by atoms with Crippen LogP contribution in [0.1, 0.15) is 5.56 Å². The molecule has 0 amide bonds. The summed E-state index contributed by atoms with van der Waals surface area (Å²) in [5.41, 5.74) is 9.60. The summed E-state index contributed by atoms with van der Waals surface area (Å²) < 4.78 is 40.5. The first-order valence-electron chi connectivity index (χ1n) is 10.2. The van der Waals surface area contributed by atoms with Crippen LogP contribution < -0.4 is 10.5 Å². The quantitative estimate of drug-likeness (QED) is 0.291. The van der Waals surface area contributed by atoms with Crippen molar-refractivity contribution in [2.75, 3.05) is 0 Å². The fourth-order valence-electron chi connectivity index (χ4n) is 3.29. The van der Waals surface area contributed by atoms with Gasteiger partial charge in [-0.15, -0.1) is 0 Å². The Kier molecular flexibility index (Phi) is 6.90. The van der Waals surface area contributed by atoms with Gasteiger partial charge in [-0.05, 0) is 65.7 Å². The number of pyridine rings is 1. The minimum atomic E-state index is -3.83. The van der Waals surface area contributed by atoms with E-state index in [1.54, 1.807) is 48.7 Å². The first-order chi connectivity index (χ1) is 16.3. The average molecular weight is 495 g/mol. The molecule has 0 unspecified atom stereocenters. The summed E-state index contributed by atoms with van der Waals surface area (Å²) in [4.78, 5) is 8.82. The molecule has 172 valence electrons. The van der Waals surface area contributed by atoms with Crippen LogP contribution in [0.3, 0.4) is 0 Å². The zero-order chi connectivity index (χ0) is 24.1. The van der Waals surface area contributed by atoms with E-state index >= 15 is 0 Å². The minimum Gasteiger partial charge on any atom is -0.369 e. The van der Waals surface area contributed by atoms with Crippen LogP contribution in [0.25, 0.3) is 22.4 Å². The van der Waals surface area contributed by atoms with E-state index in [0.29, 0.717) is 16.3 Å². The maximum absolute atomic E-state index is 13.4. The molecule has 0 aliphatic carbocycles. The van der Waals surface area contributed by atoms with Crippen molar-refractivity contribution in [1.82, 2.24) is 9.71 Å².